The molecule has 1 aromatic carbocycles. The van der Waals surface area contributed by atoms with Crippen molar-refractivity contribution >= 4 is 11.6 Å². The smallest absolute Gasteiger partial charge is 0.224 e. The highest BCUT2D eigenvalue weighted by Gasteiger charge is 2.13. The molecule has 1 heterocycles. The molecule has 0 saturated carbocycles. The van der Waals surface area contributed by atoms with Gasteiger partial charge in [0.1, 0.15) is 0 Å². The zero-order valence-corrected chi connectivity index (χ0v) is 13.2. The average molecular weight is 306 g/mol. The molecule has 1 aromatic rings. The van der Waals surface area contributed by atoms with Gasteiger partial charge in [0, 0.05) is 18.3 Å². The topological polar surface area (TPSA) is 70.6 Å². The van der Waals surface area contributed by atoms with Gasteiger partial charge >= 0.3 is 0 Å². The second kappa shape index (κ2) is 8.76. The molecular formula is C17H26N2O3. The first-order chi connectivity index (χ1) is 10.7. The fourth-order valence-corrected chi connectivity index (χ4v) is 2.55. The SMILES string of the molecule is CCC(CO)NC(=O)Cc1ccc(NC2CCCOC2)cc1. The largest absolute Gasteiger partial charge is 0.394 e. The molecule has 0 radical (unpaired) electrons. The average Bonchev–Trinajstić information content (AvgIpc) is 2.55. The van der Waals surface area contributed by atoms with Gasteiger partial charge in [-0.05, 0) is 37.0 Å². The number of anilines is 1. The molecule has 5 heteroatoms. The predicted molar refractivity (Wildman–Crippen MR) is 86.9 cm³/mol. The van der Waals surface area contributed by atoms with E-state index >= 15 is 0 Å². The normalized spacial score (nSPS) is 19.5. The van der Waals surface area contributed by atoms with Gasteiger partial charge in [0.05, 0.1) is 25.7 Å². The van der Waals surface area contributed by atoms with Gasteiger partial charge < -0.3 is 20.5 Å². The molecule has 22 heavy (non-hydrogen) atoms. The Morgan fingerprint density at radius 1 is 1.41 bits per heavy atom. The number of carbonyl (C=O) groups excluding carboxylic acids is 1. The fourth-order valence-electron chi connectivity index (χ4n) is 2.55. The van der Waals surface area contributed by atoms with Gasteiger partial charge in [-0.25, -0.2) is 0 Å². The van der Waals surface area contributed by atoms with Crippen LogP contribution in [0.3, 0.4) is 0 Å². The number of nitrogens with one attached hydrogen (secondary N) is 2. The van der Waals surface area contributed by atoms with E-state index in [9.17, 15) is 4.79 Å². The number of hydrogen-bond acceptors (Lipinski definition) is 4. The maximum absolute atomic E-state index is 11.9. The highest BCUT2D eigenvalue weighted by Crippen LogP contribution is 2.15. The molecule has 2 unspecified atom stereocenters. The molecule has 1 amide bonds. The van der Waals surface area contributed by atoms with Crippen LogP contribution >= 0.6 is 0 Å². The summed E-state index contributed by atoms with van der Waals surface area (Å²) in [4.78, 5) is 11.9. The minimum Gasteiger partial charge on any atom is -0.394 e. The van der Waals surface area contributed by atoms with Crippen LogP contribution in [0.4, 0.5) is 5.69 Å². The Bertz CT molecular complexity index is 451. The lowest BCUT2D eigenvalue weighted by Crippen LogP contribution is -2.37. The summed E-state index contributed by atoms with van der Waals surface area (Å²) in [5.74, 6) is -0.0534. The second-order valence-corrected chi connectivity index (χ2v) is 5.79. The molecule has 2 atom stereocenters. The minimum atomic E-state index is -0.153. The number of ether oxygens (including phenoxy) is 1. The molecule has 0 aromatic heterocycles. The fraction of sp³-hybridized carbons (Fsp3) is 0.588. The Hall–Kier alpha value is -1.59. The van der Waals surface area contributed by atoms with E-state index < -0.39 is 0 Å². The summed E-state index contributed by atoms with van der Waals surface area (Å²) in [6, 6.07) is 8.15. The Kier molecular flexibility index (Phi) is 6.68. The summed E-state index contributed by atoms with van der Waals surface area (Å²) in [5.41, 5.74) is 2.03. The maximum Gasteiger partial charge on any atom is 0.224 e. The molecule has 5 nitrogen and oxygen atoms in total. The molecule has 0 aliphatic carbocycles. The van der Waals surface area contributed by atoms with Crippen molar-refractivity contribution in [1.82, 2.24) is 5.32 Å². The van der Waals surface area contributed by atoms with Crippen molar-refractivity contribution in [3.05, 3.63) is 29.8 Å². The van der Waals surface area contributed by atoms with E-state index in [1.165, 1.54) is 0 Å². The van der Waals surface area contributed by atoms with Gasteiger partial charge in [-0.15, -0.1) is 0 Å². The third-order valence-electron chi connectivity index (χ3n) is 3.93. The predicted octanol–water partition coefficient (Wildman–Crippen LogP) is 1.71. The molecule has 1 fully saturated rings. The van der Waals surface area contributed by atoms with Crippen molar-refractivity contribution in [1.29, 1.82) is 0 Å². The van der Waals surface area contributed by atoms with Gasteiger partial charge in [-0.1, -0.05) is 19.1 Å². The van der Waals surface area contributed by atoms with Gasteiger partial charge in [-0.2, -0.15) is 0 Å². The molecule has 0 bridgehead atoms. The zero-order valence-electron chi connectivity index (χ0n) is 13.2. The van der Waals surface area contributed by atoms with Gasteiger partial charge in [0.25, 0.3) is 0 Å². The second-order valence-electron chi connectivity index (χ2n) is 5.79. The molecule has 2 rings (SSSR count). The highest BCUT2D eigenvalue weighted by molar-refractivity contribution is 5.79. The van der Waals surface area contributed by atoms with E-state index in [0.717, 1.165) is 43.7 Å². The van der Waals surface area contributed by atoms with Crippen LogP contribution in [0.5, 0.6) is 0 Å². The Morgan fingerprint density at radius 3 is 2.77 bits per heavy atom. The van der Waals surface area contributed by atoms with Crippen molar-refractivity contribution in [2.24, 2.45) is 0 Å². The Morgan fingerprint density at radius 2 is 2.18 bits per heavy atom. The lowest BCUT2D eigenvalue weighted by molar-refractivity contribution is -0.121. The van der Waals surface area contributed by atoms with E-state index in [1.54, 1.807) is 0 Å². The summed E-state index contributed by atoms with van der Waals surface area (Å²) >= 11 is 0. The van der Waals surface area contributed by atoms with E-state index in [1.807, 2.05) is 31.2 Å². The zero-order chi connectivity index (χ0) is 15.8. The number of amides is 1. The Labute approximate surface area is 132 Å². The van der Waals surface area contributed by atoms with Crippen molar-refractivity contribution < 1.29 is 14.6 Å². The number of hydrogen-bond donors (Lipinski definition) is 3. The lowest BCUT2D eigenvalue weighted by atomic mass is 10.1. The number of aliphatic hydroxyl groups excluding tert-OH is 1. The van der Waals surface area contributed by atoms with E-state index in [-0.39, 0.29) is 18.6 Å². The van der Waals surface area contributed by atoms with E-state index in [0.29, 0.717) is 12.5 Å². The van der Waals surface area contributed by atoms with Crippen LogP contribution in [0.15, 0.2) is 24.3 Å². The van der Waals surface area contributed by atoms with Crippen molar-refractivity contribution in [2.75, 3.05) is 25.1 Å². The third kappa shape index (κ3) is 5.31. The molecule has 0 spiro atoms. The number of rotatable bonds is 7. The number of carbonyl (C=O) groups is 1. The van der Waals surface area contributed by atoms with Crippen LogP contribution < -0.4 is 10.6 Å². The number of aliphatic hydroxyl groups is 1. The van der Waals surface area contributed by atoms with Crippen LogP contribution in [0, 0.1) is 0 Å². The monoisotopic (exact) mass is 306 g/mol. The van der Waals surface area contributed by atoms with Crippen LogP contribution in [-0.4, -0.2) is 42.9 Å². The van der Waals surface area contributed by atoms with Crippen LogP contribution in [0.25, 0.3) is 0 Å². The summed E-state index contributed by atoms with van der Waals surface area (Å²) in [6.45, 7) is 3.54. The molecule has 1 aliphatic rings. The van der Waals surface area contributed by atoms with E-state index in [4.69, 9.17) is 9.84 Å². The van der Waals surface area contributed by atoms with Crippen LogP contribution in [0.2, 0.25) is 0 Å². The summed E-state index contributed by atoms with van der Waals surface area (Å²) in [6.07, 6.45) is 3.29. The third-order valence-corrected chi connectivity index (χ3v) is 3.93. The summed E-state index contributed by atoms with van der Waals surface area (Å²) < 4.78 is 5.45. The number of benzene rings is 1. The first-order valence-corrected chi connectivity index (χ1v) is 8.04. The first-order valence-electron chi connectivity index (χ1n) is 8.04. The quantitative estimate of drug-likeness (QED) is 0.717. The minimum absolute atomic E-state index is 0.0193. The van der Waals surface area contributed by atoms with E-state index in [2.05, 4.69) is 10.6 Å². The molecule has 1 saturated heterocycles. The van der Waals surface area contributed by atoms with Gasteiger partial charge in [0.2, 0.25) is 5.91 Å². The van der Waals surface area contributed by atoms with Crippen LogP contribution in [0.1, 0.15) is 31.7 Å². The van der Waals surface area contributed by atoms with Gasteiger partial charge in [0.15, 0.2) is 0 Å². The van der Waals surface area contributed by atoms with Crippen LogP contribution in [-0.2, 0) is 16.0 Å². The van der Waals surface area contributed by atoms with Gasteiger partial charge in [-0.3, -0.25) is 4.79 Å². The molecule has 1 aliphatic heterocycles. The highest BCUT2D eigenvalue weighted by atomic mass is 16.5. The standard InChI is InChI=1S/C17H26N2O3/c1-2-14(11-20)19-17(21)10-13-5-7-15(8-6-13)18-16-4-3-9-22-12-16/h5-8,14,16,18,20H,2-4,9-12H2,1H3,(H,19,21). The maximum atomic E-state index is 11.9. The molecule has 3 N–H and O–H groups in total. The van der Waals surface area contributed by atoms with Crippen molar-refractivity contribution in [3.63, 3.8) is 0 Å². The Balaban J connectivity index is 1.82. The molecular weight excluding hydrogens is 280 g/mol. The molecule has 122 valence electrons. The summed E-state index contributed by atoms with van der Waals surface area (Å²) in [7, 11) is 0. The van der Waals surface area contributed by atoms with Crippen molar-refractivity contribution in [3.8, 4) is 0 Å². The first kappa shape index (κ1) is 16.8. The van der Waals surface area contributed by atoms with Crippen molar-refractivity contribution in [2.45, 2.75) is 44.7 Å². The lowest BCUT2D eigenvalue weighted by Gasteiger charge is -2.24. The summed E-state index contributed by atoms with van der Waals surface area (Å²) in [5, 5.41) is 15.4.